The fraction of sp³-hybridized carbons (Fsp3) is 0.800. The summed E-state index contributed by atoms with van der Waals surface area (Å²) in [7, 11) is 0. The van der Waals surface area contributed by atoms with Crippen molar-refractivity contribution in [2.75, 3.05) is 5.32 Å². The highest BCUT2D eigenvalue weighted by molar-refractivity contribution is 6.26. The standard InChI is InChI=1S/C65H110N4O6/c1-25-31-32-65(29-5,30-6)59(73)69-55-51(57(71)75-53-44(62(19,20)21)35-41(12)36-45(53)63(22,23)24)49(39(9)10)47(67-55)37-46-48(38(7)8)50(54(66-46)68-58(72)64(26-2,27-3)28-4)56(70)74-52-42(60(13,14)15)33-40(11)34-43(52)61(16,17)18/h37-45,52-53,66H,25-36H2,1-24H3,(H,68,72)(H,67,69,73). The van der Waals surface area contributed by atoms with Crippen molar-refractivity contribution in [1.29, 1.82) is 0 Å². The van der Waals surface area contributed by atoms with Crippen LogP contribution in [-0.4, -0.2) is 46.8 Å². The second-order valence-electron chi connectivity index (χ2n) is 28.9. The minimum Gasteiger partial charge on any atom is -0.458 e. The predicted molar refractivity (Wildman–Crippen MR) is 312 cm³/mol. The molecular weight excluding hydrogens is 933 g/mol. The Morgan fingerprint density at radius 1 is 0.600 bits per heavy atom. The minimum absolute atomic E-state index is 0.103. The van der Waals surface area contributed by atoms with Crippen molar-refractivity contribution < 1.29 is 28.7 Å². The van der Waals surface area contributed by atoms with E-state index in [0.29, 0.717) is 77.8 Å². The topological polar surface area (TPSA) is 139 Å². The summed E-state index contributed by atoms with van der Waals surface area (Å²) in [5, 5.41) is 6.55. The summed E-state index contributed by atoms with van der Waals surface area (Å²) < 4.78 is 14.0. The number of anilines is 1. The van der Waals surface area contributed by atoms with Gasteiger partial charge in [0.05, 0.1) is 5.70 Å². The summed E-state index contributed by atoms with van der Waals surface area (Å²) in [6.07, 6.45) is 10.7. The van der Waals surface area contributed by atoms with Crippen LogP contribution in [0.1, 0.15) is 271 Å². The summed E-state index contributed by atoms with van der Waals surface area (Å²) in [6.45, 7) is 52.3. The third kappa shape index (κ3) is 14.1. The van der Waals surface area contributed by atoms with Crippen molar-refractivity contribution in [3.05, 3.63) is 33.7 Å². The number of hydrogen-bond donors (Lipinski definition) is 3. The molecule has 4 atom stereocenters. The van der Waals surface area contributed by atoms with E-state index < -0.39 is 22.8 Å². The van der Waals surface area contributed by atoms with Crippen molar-refractivity contribution >= 4 is 41.5 Å². The number of carbonyl (C=O) groups is 4. The van der Waals surface area contributed by atoms with Gasteiger partial charge in [-0.05, 0) is 127 Å². The highest BCUT2D eigenvalue weighted by atomic mass is 16.5. The smallest absolute Gasteiger partial charge is 0.342 e. The number of amides is 2. The Morgan fingerprint density at radius 2 is 1.00 bits per heavy atom. The van der Waals surface area contributed by atoms with Gasteiger partial charge in [-0.2, -0.15) is 0 Å². The Labute approximate surface area is 457 Å². The maximum Gasteiger partial charge on any atom is 0.342 e. The van der Waals surface area contributed by atoms with Crippen molar-refractivity contribution in [3.63, 3.8) is 0 Å². The predicted octanol–water partition coefficient (Wildman–Crippen LogP) is 17.1. The highest BCUT2D eigenvalue weighted by Crippen LogP contribution is 2.52. The number of aliphatic imine (C=N–C) groups is 1. The van der Waals surface area contributed by atoms with Crippen LogP contribution in [0.5, 0.6) is 0 Å². The number of nitrogens with one attached hydrogen (secondary N) is 3. The molecule has 2 aliphatic carbocycles. The van der Waals surface area contributed by atoms with E-state index in [-0.39, 0.29) is 92.6 Å². The van der Waals surface area contributed by atoms with Crippen LogP contribution < -0.4 is 10.6 Å². The van der Waals surface area contributed by atoms with Crippen LogP contribution in [-0.2, 0) is 23.9 Å². The number of aromatic nitrogens is 1. The van der Waals surface area contributed by atoms with Gasteiger partial charge in [0.2, 0.25) is 11.8 Å². The summed E-state index contributed by atoms with van der Waals surface area (Å²) in [6, 6.07) is 0. The van der Waals surface area contributed by atoms with Gasteiger partial charge in [0.25, 0.3) is 0 Å². The van der Waals surface area contributed by atoms with E-state index >= 15 is 9.59 Å². The molecule has 75 heavy (non-hydrogen) atoms. The van der Waals surface area contributed by atoms with E-state index in [2.05, 4.69) is 147 Å². The molecule has 2 amide bonds. The molecule has 0 radical (unpaired) electrons. The van der Waals surface area contributed by atoms with Gasteiger partial charge in [-0.1, -0.05) is 179 Å². The third-order valence-corrected chi connectivity index (χ3v) is 18.9. The van der Waals surface area contributed by atoms with Gasteiger partial charge in [0.1, 0.15) is 35.0 Å². The van der Waals surface area contributed by atoms with Gasteiger partial charge in [-0.3, -0.25) is 9.59 Å². The zero-order valence-electron chi connectivity index (χ0n) is 52.2. The fourth-order valence-corrected chi connectivity index (χ4v) is 13.5. The monoisotopic (exact) mass is 1040 g/mol. The number of esters is 2. The van der Waals surface area contributed by atoms with E-state index in [9.17, 15) is 9.59 Å². The van der Waals surface area contributed by atoms with Crippen LogP contribution in [0, 0.1) is 73.9 Å². The largest absolute Gasteiger partial charge is 0.458 e. The first-order valence-electron chi connectivity index (χ1n) is 29.9. The maximum absolute atomic E-state index is 15.6. The maximum atomic E-state index is 15.6. The second kappa shape index (κ2) is 24.5. The third-order valence-electron chi connectivity index (χ3n) is 18.9. The number of unbranched alkanes of at least 4 members (excludes halogenated alkanes) is 1. The normalized spacial score (nSPS) is 25.0. The Morgan fingerprint density at radius 3 is 1.36 bits per heavy atom. The molecule has 1 aromatic heterocycles. The summed E-state index contributed by atoms with van der Waals surface area (Å²) in [5.41, 5.74) is 1.15. The number of amidine groups is 1. The summed E-state index contributed by atoms with van der Waals surface area (Å²) in [5.74, 6) is 0.157. The molecule has 10 heteroatoms. The molecule has 3 N–H and O–H groups in total. The lowest BCUT2D eigenvalue weighted by Gasteiger charge is -2.50. The summed E-state index contributed by atoms with van der Waals surface area (Å²) in [4.78, 5) is 69.5. The minimum atomic E-state index is -0.655. The lowest BCUT2D eigenvalue weighted by molar-refractivity contribution is -0.164. The number of rotatable bonds is 18. The first-order valence-corrected chi connectivity index (χ1v) is 29.9. The van der Waals surface area contributed by atoms with E-state index in [1.807, 2.05) is 40.7 Å². The molecule has 4 unspecified atom stereocenters. The van der Waals surface area contributed by atoms with E-state index in [0.717, 1.165) is 44.9 Å². The Bertz CT molecular complexity index is 2200. The van der Waals surface area contributed by atoms with Crippen LogP contribution in [0.4, 0.5) is 5.82 Å². The molecule has 4 rings (SSSR count). The van der Waals surface area contributed by atoms with Crippen molar-refractivity contribution in [1.82, 2.24) is 10.3 Å². The first kappa shape index (κ1) is 63.8. The fourth-order valence-electron chi connectivity index (χ4n) is 13.5. The molecule has 0 saturated heterocycles. The van der Waals surface area contributed by atoms with E-state index in [1.54, 1.807) is 0 Å². The van der Waals surface area contributed by atoms with Gasteiger partial charge in [0.15, 0.2) is 0 Å². The van der Waals surface area contributed by atoms with Gasteiger partial charge >= 0.3 is 11.9 Å². The van der Waals surface area contributed by atoms with Crippen LogP contribution in [0.2, 0.25) is 0 Å². The Hall–Kier alpha value is -3.69. The molecule has 1 aliphatic heterocycles. The quantitative estimate of drug-likeness (QED) is 0.125. The van der Waals surface area contributed by atoms with Gasteiger partial charge in [0, 0.05) is 40.2 Å². The number of hydrogen-bond acceptors (Lipinski definition) is 7. The van der Waals surface area contributed by atoms with E-state index in [1.165, 1.54) is 0 Å². The van der Waals surface area contributed by atoms with Crippen LogP contribution in [0.15, 0.2) is 21.8 Å². The molecular formula is C65H110N4O6. The Balaban J connectivity index is 2.10. The van der Waals surface area contributed by atoms with Crippen molar-refractivity contribution in [3.8, 4) is 0 Å². The van der Waals surface area contributed by atoms with Crippen LogP contribution in [0.25, 0.3) is 6.08 Å². The Kier molecular flexibility index (Phi) is 20.9. The van der Waals surface area contributed by atoms with Crippen LogP contribution in [0.3, 0.4) is 0 Å². The van der Waals surface area contributed by atoms with Crippen LogP contribution >= 0.6 is 0 Å². The number of H-pyrrole nitrogens is 1. The molecule has 10 nitrogen and oxygen atoms in total. The van der Waals surface area contributed by atoms with Crippen molar-refractivity contribution in [2.24, 2.45) is 78.9 Å². The number of carbonyl (C=O) groups excluding carboxylic acids is 4. The molecule has 0 aromatic carbocycles. The molecule has 1 aromatic rings. The first-order chi connectivity index (χ1) is 34.5. The van der Waals surface area contributed by atoms with E-state index in [4.69, 9.17) is 14.5 Å². The zero-order valence-corrected chi connectivity index (χ0v) is 52.2. The lowest BCUT2D eigenvalue weighted by atomic mass is 9.59. The zero-order chi connectivity index (χ0) is 57.1. The number of aromatic amines is 1. The SMILES string of the molecule is CCCCC(CC)(CC)C(=O)NC1=NC(=Cc2[nH]c(NC(=O)C(CC)(CC)CC)c(C(=O)OC3C(C(C)(C)C)CC(C)CC3C(C)(C)C)c2C(C)C)C(C(C)C)=C1C(=O)OC1C(C(C)(C)C)CC(C)CC1C(C)(C)C. The second-order valence-corrected chi connectivity index (χ2v) is 28.9. The van der Waals surface area contributed by atoms with Gasteiger partial charge in [-0.25, -0.2) is 14.6 Å². The molecule has 2 fully saturated rings. The highest BCUT2D eigenvalue weighted by Gasteiger charge is 2.51. The molecule has 0 spiro atoms. The molecule has 426 valence electrons. The van der Waals surface area contributed by atoms with Crippen molar-refractivity contribution in [2.45, 2.75) is 261 Å². The number of nitrogens with zero attached hydrogens (tertiary/aromatic N) is 1. The summed E-state index contributed by atoms with van der Waals surface area (Å²) >= 11 is 0. The lowest BCUT2D eigenvalue weighted by Crippen LogP contribution is -2.50. The van der Waals surface area contributed by atoms with Gasteiger partial charge < -0.3 is 25.1 Å². The number of ether oxygens (including phenoxy) is 2. The molecule has 2 saturated carbocycles. The molecule has 2 heterocycles. The molecule has 0 bridgehead atoms. The molecule has 3 aliphatic rings. The average Bonchev–Trinajstić information content (AvgIpc) is 3.84. The van der Waals surface area contributed by atoms with Gasteiger partial charge in [-0.15, -0.1) is 0 Å². The average molecular weight is 1040 g/mol. The number of allylic oxidation sites excluding steroid dienone is 1.